The first-order chi connectivity index (χ1) is 15.0. The van der Waals surface area contributed by atoms with Gasteiger partial charge in [0, 0.05) is 12.7 Å². The molecular weight excluding hydrogens is 407 g/mol. The van der Waals surface area contributed by atoms with Crippen LogP contribution in [-0.2, 0) is 15.1 Å². The molecule has 0 spiro atoms. The van der Waals surface area contributed by atoms with Crippen LogP contribution in [0.3, 0.4) is 0 Å². The quantitative estimate of drug-likeness (QED) is 0.555. The van der Waals surface area contributed by atoms with Gasteiger partial charge in [-0.05, 0) is 11.6 Å². The lowest BCUT2D eigenvalue weighted by molar-refractivity contribution is -0.161. The van der Waals surface area contributed by atoms with Gasteiger partial charge in [0.05, 0.1) is 20.3 Å². The van der Waals surface area contributed by atoms with Gasteiger partial charge >= 0.3 is 12.0 Å². The number of ether oxygens (including phenoxy) is 4. The van der Waals surface area contributed by atoms with E-state index in [9.17, 15) is 14.3 Å². The number of methoxy groups -OCH3 is 3. The second-order valence-corrected chi connectivity index (χ2v) is 6.36. The lowest BCUT2D eigenvalue weighted by Crippen LogP contribution is -2.51. The molecule has 1 N–H and O–H groups in total. The Bertz CT molecular complexity index is 1030. The van der Waals surface area contributed by atoms with Gasteiger partial charge < -0.3 is 24.1 Å². The lowest BCUT2D eigenvalue weighted by Gasteiger charge is -2.37. The SMILES string of the molecule is COc1cc(OC)nc(OC(C(=O)O)C(OC)(c2ccccc2)c2ccccc2F)n1. The van der Waals surface area contributed by atoms with Crippen LogP contribution in [0.2, 0.25) is 0 Å². The molecule has 1 heterocycles. The molecule has 0 saturated heterocycles. The molecule has 0 saturated carbocycles. The van der Waals surface area contributed by atoms with Crippen LogP contribution >= 0.6 is 0 Å². The van der Waals surface area contributed by atoms with Crippen LogP contribution < -0.4 is 14.2 Å². The van der Waals surface area contributed by atoms with E-state index in [0.29, 0.717) is 5.56 Å². The minimum atomic E-state index is -1.86. The third-order valence-electron chi connectivity index (χ3n) is 4.69. The predicted molar refractivity (Wildman–Crippen MR) is 108 cm³/mol. The normalized spacial score (nSPS) is 13.7. The van der Waals surface area contributed by atoms with E-state index in [4.69, 9.17) is 18.9 Å². The molecule has 9 heteroatoms. The van der Waals surface area contributed by atoms with E-state index in [0.717, 1.165) is 0 Å². The minimum absolute atomic E-state index is 0.0223. The fraction of sp³-hybridized carbons (Fsp3) is 0.227. The van der Waals surface area contributed by atoms with Crippen molar-refractivity contribution in [3.63, 3.8) is 0 Å². The Labute approximate surface area is 178 Å². The largest absolute Gasteiger partial charge is 0.481 e. The summed E-state index contributed by atoms with van der Waals surface area (Å²) in [6, 6.07) is 15.2. The van der Waals surface area contributed by atoms with Crippen molar-refractivity contribution < 1.29 is 33.2 Å². The maximum atomic E-state index is 15.0. The third kappa shape index (κ3) is 4.26. The van der Waals surface area contributed by atoms with Crippen LogP contribution in [0.4, 0.5) is 4.39 Å². The molecule has 0 aliphatic heterocycles. The Morgan fingerprint density at radius 2 is 1.55 bits per heavy atom. The van der Waals surface area contributed by atoms with Crippen LogP contribution in [0.15, 0.2) is 60.7 Å². The number of hydrogen-bond acceptors (Lipinski definition) is 7. The van der Waals surface area contributed by atoms with E-state index >= 15 is 0 Å². The minimum Gasteiger partial charge on any atom is -0.481 e. The first-order valence-electron chi connectivity index (χ1n) is 9.18. The summed E-state index contributed by atoms with van der Waals surface area (Å²) >= 11 is 0. The molecule has 2 unspecified atom stereocenters. The Balaban J connectivity index is 2.23. The van der Waals surface area contributed by atoms with Crippen molar-refractivity contribution in [1.82, 2.24) is 9.97 Å². The van der Waals surface area contributed by atoms with Gasteiger partial charge in [-0.2, -0.15) is 9.97 Å². The summed E-state index contributed by atoms with van der Waals surface area (Å²) in [7, 11) is 4.04. The summed E-state index contributed by atoms with van der Waals surface area (Å²) in [5, 5.41) is 10.1. The number of aliphatic carboxylic acids is 1. The van der Waals surface area contributed by atoms with Crippen molar-refractivity contribution in [2.24, 2.45) is 0 Å². The average molecular weight is 428 g/mol. The first kappa shape index (κ1) is 22.0. The Hall–Kier alpha value is -3.72. The molecule has 0 bridgehead atoms. The molecule has 2 atom stereocenters. The molecule has 0 fully saturated rings. The van der Waals surface area contributed by atoms with E-state index in [-0.39, 0.29) is 23.3 Å². The Morgan fingerprint density at radius 1 is 0.968 bits per heavy atom. The molecule has 0 aliphatic rings. The number of carboxylic acids is 1. The number of rotatable bonds is 9. The summed E-state index contributed by atoms with van der Waals surface area (Å²) < 4.78 is 36.6. The Kier molecular flexibility index (Phi) is 6.66. The maximum absolute atomic E-state index is 15.0. The smallest absolute Gasteiger partial charge is 0.348 e. The number of aromatic nitrogens is 2. The summed E-state index contributed by atoms with van der Waals surface area (Å²) in [5.74, 6) is -1.88. The number of carboxylic acid groups (broad SMARTS) is 1. The van der Waals surface area contributed by atoms with Crippen molar-refractivity contribution >= 4 is 5.97 Å². The number of hydrogen-bond donors (Lipinski definition) is 1. The highest BCUT2D eigenvalue weighted by Crippen LogP contribution is 2.40. The molecule has 1 aromatic heterocycles. The van der Waals surface area contributed by atoms with Gasteiger partial charge in [-0.25, -0.2) is 9.18 Å². The highest BCUT2D eigenvalue weighted by Gasteiger charge is 2.51. The van der Waals surface area contributed by atoms with Crippen molar-refractivity contribution in [1.29, 1.82) is 0 Å². The van der Waals surface area contributed by atoms with Crippen molar-refractivity contribution in [3.05, 3.63) is 77.6 Å². The Morgan fingerprint density at radius 3 is 2.06 bits per heavy atom. The van der Waals surface area contributed by atoms with Crippen LogP contribution in [0, 0.1) is 5.82 Å². The van der Waals surface area contributed by atoms with Gasteiger partial charge in [0.2, 0.25) is 17.9 Å². The number of benzene rings is 2. The first-order valence-corrected chi connectivity index (χ1v) is 9.18. The zero-order chi connectivity index (χ0) is 22.4. The molecule has 8 nitrogen and oxygen atoms in total. The molecule has 3 aromatic rings. The van der Waals surface area contributed by atoms with E-state index in [1.807, 2.05) is 0 Å². The van der Waals surface area contributed by atoms with Crippen molar-refractivity contribution in [3.8, 4) is 17.8 Å². The van der Waals surface area contributed by atoms with Crippen LogP contribution in [0.5, 0.6) is 17.8 Å². The predicted octanol–water partition coefficient (Wildman–Crippen LogP) is 3.06. The van der Waals surface area contributed by atoms with Gasteiger partial charge in [0.25, 0.3) is 0 Å². The zero-order valence-corrected chi connectivity index (χ0v) is 17.1. The number of carbonyl (C=O) groups is 1. The lowest BCUT2D eigenvalue weighted by atomic mass is 9.80. The van der Waals surface area contributed by atoms with E-state index in [2.05, 4.69) is 9.97 Å². The highest BCUT2D eigenvalue weighted by molar-refractivity contribution is 5.76. The molecule has 31 heavy (non-hydrogen) atoms. The van der Waals surface area contributed by atoms with Crippen LogP contribution in [0.1, 0.15) is 11.1 Å². The number of halogens is 1. The second-order valence-electron chi connectivity index (χ2n) is 6.36. The third-order valence-corrected chi connectivity index (χ3v) is 4.69. The molecule has 0 amide bonds. The molecular formula is C22H21FN2O6. The second kappa shape index (κ2) is 9.40. The van der Waals surface area contributed by atoms with Crippen molar-refractivity contribution in [2.45, 2.75) is 11.7 Å². The van der Waals surface area contributed by atoms with Gasteiger partial charge in [0.15, 0.2) is 5.60 Å². The fourth-order valence-corrected chi connectivity index (χ4v) is 3.29. The van der Waals surface area contributed by atoms with E-state index < -0.39 is 23.5 Å². The van der Waals surface area contributed by atoms with Gasteiger partial charge in [-0.3, -0.25) is 0 Å². The maximum Gasteiger partial charge on any atom is 0.348 e. The molecule has 0 aliphatic carbocycles. The fourth-order valence-electron chi connectivity index (χ4n) is 3.29. The van der Waals surface area contributed by atoms with Crippen LogP contribution in [0.25, 0.3) is 0 Å². The molecule has 162 valence electrons. The van der Waals surface area contributed by atoms with Crippen LogP contribution in [-0.4, -0.2) is 48.5 Å². The zero-order valence-electron chi connectivity index (χ0n) is 17.1. The van der Waals surface area contributed by atoms with Gasteiger partial charge in [0.1, 0.15) is 5.82 Å². The topological polar surface area (TPSA) is 100 Å². The monoisotopic (exact) mass is 428 g/mol. The van der Waals surface area contributed by atoms with Crippen molar-refractivity contribution in [2.75, 3.05) is 21.3 Å². The summed E-state index contributed by atoms with van der Waals surface area (Å²) in [6.07, 6.45) is -1.77. The average Bonchev–Trinajstić information content (AvgIpc) is 2.80. The van der Waals surface area contributed by atoms with E-state index in [1.54, 1.807) is 36.4 Å². The van der Waals surface area contributed by atoms with Gasteiger partial charge in [-0.1, -0.05) is 48.5 Å². The van der Waals surface area contributed by atoms with Gasteiger partial charge in [-0.15, -0.1) is 0 Å². The summed E-state index contributed by atoms with van der Waals surface area (Å²) in [6.45, 7) is 0. The summed E-state index contributed by atoms with van der Waals surface area (Å²) in [4.78, 5) is 20.5. The molecule has 2 aromatic carbocycles. The highest BCUT2D eigenvalue weighted by atomic mass is 19.1. The molecule has 3 rings (SSSR count). The number of nitrogens with zero attached hydrogens (tertiary/aromatic N) is 2. The standard InChI is InChI=1S/C22H21FN2O6/c1-28-17-13-18(29-2)25-21(24-17)31-19(20(26)27)22(30-3,14-9-5-4-6-10-14)15-11-7-8-12-16(15)23/h4-13,19H,1-3H3,(H,26,27). The van der Waals surface area contributed by atoms with E-state index in [1.165, 1.54) is 45.6 Å². The molecule has 0 radical (unpaired) electrons. The summed E-state index contributed by atoms with van der Waals surface area (Å²) in [5.41, 5.74) is -1.52.